The molecule has 134 valence electrons. The Morgan fingerprint density at radius 2 is 1.88 bits per heavy atom. The molecule has 1 aromatic rings. The van der Waals surface area contributed by atoms with Crippen LogP contribution in [0.3, 0.4) is 0 Å². The Balaban J connectivity index is 1.93. The maximum atomic E-state index is 12.5. The molecule has 0 saturated carbocycles. The van der Waals surface area contributed by atoms with E-state index >= 15 is 0 Å². The van der Waals surface area contributed by atoms with Crippen LogP contribution in [0.15, 0.2) is 24.3 Å². The second kappa shape index (κ2) is 7.85. The van der Waals surface area contributed by atoms with Gasteiger partial charge in [0.05, 0.1) is 7.11 Å². The highest BCUT2D eigenvalue weighted by molar-refractivity contribution is 5.94. The van der Waals surface area contributed by atoms with Crippen molar-refractivity contribution in [3.8, 4) is 5.75 Å². The van der Waals surface area contributed by atoms with Crippen molar-refractivity contribution in [3.63, 3.8) is 0 Å². The number of aliphatic hydroxyl groups is 1. The van der Waals surface area contributed by atoms with E-state index in [1.54, 1.807) is 34.1 Å². The van der Waals surface area contributed by atoms with Crippen molar-refractivity contribution in [1.29, 1.82) is 0 Å². The van der Waals surface area contributed by atoms with E-state index < -0.39 is 18.8 Å². The third-order valence-electron chi connectivity index (χ3n) is 4.02. The lowest BCUT2D eigenvalue weighted by Crippen LogP contribution is -2.42. The van der Waals surface area contributed by atoms with Crippen LogP contribution < -0.4 is 4.74 Å². The Labute approximate surface area is 138 Å². The molecule has 1 aliphatic rings. The lowest BCUT2D eigenvalue weighted by Gasteiger charge is -2.25. The average molecular weight is 346 g/mol. The van der Waals surface area contributed by atoms with E-state index in [9.17, 15) is 23.1 Å². The predicted octanol–water partition coefficient (Wildman–Crippen LogP) is 1.77. The van der Waals surface area contributed by atoms with Crippen LogP contribution in [0.1, 0.15) is 16.8 Å². The zero-order valence-corrected chi connectivity index (χ0v) is 13.4. The number of rotatable bonds is 4. The SMILES string of the molecule is COc1ccc(C(=O)N2CCCN(C[C@H](O)C(F)(F)F)CC2)cc1. The highest BCUT2D eigenvalue weighted by Crippen LogP contribution is 2.21. The second-order valence-corrected chi connectivity index (χ2v) is 5.73. The van der Waals surface area contributed by atoms with Gasteiger partial charge >= 0.3 is 6.18 Å². The van der Waals surface area contributed by atoms with Gasteiger partial charge in [-0.15, -0.1) is 0 Å². The van der Waals surface area contributed by atoms with Crippen molar-refractivity contribution in [2.24, 2.45) is 0 Å². The fourth-order valence-corrected chi connectivity index (χ4v) is 2.62. The zero-order valence-electron chi connectivity index (χ0n) is 13.4. The molecule has 1 atom stereocenters. The molecule has 0 bridgehead atoms. The smallest absolute Gasteiger partial charge is 0.415 e. The van der Waals surface area contributed by atoms with Gasteiger partial charge in [-0.05, 0) is 30.7 Å². The number of β-amino-alcohol motifs (C(OH)–C–C–N with tert-alkyl or cyclic N) is 1. The molecule has 8 heteroatoms. The molecule has 1 heterocycles. The highest BCUT2D eigenvalue weighted by Gasteiger charge is 2.39. The van der Waals surface area contributed by atoms with Gasteiger partial charge in [0, 0.05) is 38.3 Å². The molecule has 1 saturated heterocycles. The minimum absolute atomic E-state index is 0.157. The number of hydrogen-bond donors (Lipinski definition) is 1. The van der Waals surface area contributed by atoms with Gasteiger partial charge in [0.2, 0.25) is 0 Å². The van der Waals surface area contributed by atoms with Gasteiger partial charge in [0.15, 0.2) is 6.10 Å². The van der Waals surface area contributed by atoms with Gasteiger partial charge in [-0.3, -0.25) is 9.69 Å². The number of methoxy groups -OCH3 is 1. The van der Waals surface area contributed by atoms with Crippen molar-refractivity contribution < 1.29 is 27.8 Å². The number of nitrogens with zero attached hydrogens (tertiary/aromatic N) is 2. The molecule has 1 N–H and O–H groups in total. The number of ether oxygens (including phenoxy) is 1. The first-order valence-electron chi connectivity index (χ1n) is 7.71. The molecule has 0 aliphatic carbocycles. The van der Waals surface area contributed by atoms with Gasteiger partial charge in [0.25, 0.3) is 5.91 Å². The fraction of sp³-hybridized carbons (Fsp3) is 0.562. The molecular formula is C16H21F3N2O3. The first kappa shape index (κ1) is 18.5. The maximum Gasteiger partial charge on any atom is 0.415 e. The minimum Gasteiger partial charge on any atom is -0.497 e. The summed E-state index contributed by atoms with van der Waals surface area (Å²) in [5.74, 6) is 0.491. The van der Waals surface area contributed by atoms with Crippen LogP contribution in [-0.2, 0) is 0 Å². The van der Waals surface area contributed by atoms with E-state index in [1.807, 2.05) is 0 Å². The Kier molecular flexibility index (Phi) is 6.06. The number of carbonyl (C=O) groups is 1. The van der Waals surface area contributed by atoms with Crippen LogP contribution in [0.5, 0.6) is 5.75 Å². The molecule has 1 aromatic carbocycles. The Bertz CT molecular complexity index is 548. The van der Waals surface area contributed by atoms with E-state index in [2.05, 4.69) is 0 Å². The van der Waals surface area contributed by atoms with E-state index in [0.717, 1.165) is 0 Å². The van der Waals surface area contributed by atoms with Gasteiger partial charge in [-0.1, -0.05) is 0 Å². The molecule has 24 heavy (non-hydrogen) atoms. The lowest BCUT2D eigenvalue weighted by molar-refractivity contribution is -0.208. The quantitative estimate of drug-likeness (QED) is 0.903. The van der Waals surface area contributed by atoms with Crippen LogP contribution >= 0.6 is 0 Å². The van der Waals surface area contributed by atoms with Crippen LogP contribution in [0.4, 0.5) is 13.2 Å². The largest absolute Gasteiger partial charge is 0.497 e. The third-order valence-corrected chi connectivity index (χ3v) is 4.02. The average Bonchev–Trinajstić information content (AvgIpc) is 2.79. The number of benzene rings is 1. The van der Waals surface area contributed by atoms with Gasteiger partial charge in [-0.2, -0.15) is 13.2 Å². The first-order chi connectivity index (χ1) is 11.3. The Morgan fingerprint density at radius 1 is 1.21 bits per heavy atom. The zero-order chi connectivity index (χ0) is 17.7. The number of aliphatic hydroxyl groups excluding tert-OH is 1. The fourth-order valence-electron chi connectivity index (χ4n) is 2.62. The molecule has 1 aliphatic heterocycles. The summed E-state index contributed by atoms with van der Waals surface area (Å²) in [5, 5.41) is 9.17. The van der Waals surface area contributed by atoms with E-state index in [1.165, 1.54) is 7.11 Å². The molecule has 5 nitrogen and oxygen atoms in total. The number of hydrogen-bond acceptors (Lipinski definition) is 4. The van der Waals surface area contributed by atoms with Gasteiger partial charge < -0.3 is 14.7 Å². The summed E-state index contributed by atoms with van der Waals surface area (Å²) in [6, 6.07) is 6.71. The van der Waals surface area contributed by atoms with E-state index in [4.69, 9.17) is 4.74 Å². The summed E-state index contributed by atoms with van der Waals surface area (Å²) in [6.45, 7) is 1.06. The van der Waals surface area contributed by atoms with Gasteiger partial charge in [0.1, 0.15) is 5.75 Å². The molecule has 0 unspecified atom stereocenters. The number of amides is 1. The molecule has 1 amide bonds. The summed E-state index contributed by atoms with van der Waals surface area (Å²) in [5.41, 5.74) is 0.513. The lowest BCUT2D eigenvalue weighted by atomic mass is 10.2. The minimum atomic E-state index is -4.62. The van der Waals surface area contributed by atoms with Crippen LogP contribution in [0.2, 0.25) is 0 Å². The number of alkyl halides is 3. The van der Waals surface area contributed by atoms with Crippen molar-refractivity contribution in [2.75, 3.05) is 39.8 Å². The second-order valence-electron chi connectivity index (χ2n) is 5.73. The third kappa shape index (κ3) is 4.85. The monoisotopic (exact) mass is 346 g/mol. The summed E-state index contributed by atoms with van der Waals surface area (Å²) >= 11 is 0. The molecule has 0 aromatic heterocycles. The van der Waals surface area contributed by atoms with E-state index in [0.29, 0.717) is 43.9 Å². The standard InChI is InChI=1S/C16H21F3N2O3/c1-24-13-5-3-12(4-6-13)15(23)21-8-2-7-20(9-10-21)11-14(22)16(17,18)19/h3-6,14,22H,2,7-11H2,1H3/t14-/m0/s1. The molecule has 2 rings (SSSR count). The Hall–Kier alpha value is -1.80. The highest BCUT2D eigenvalue weighted by atomic mass is 19.4. The summed E-state index contributed by atoms with van der Waals surface area (Å²) in [7, 11) is 1.54. The van der Waals surface area contributed by atoms with Crippen LogP contribution in [0.25, 0.3) is 0 Å². The summed E-state index contributed by atoms with van der Waals surface area (Å²) in [4.78, 5) is 15.6. The van der Waals surface area contributed by atoms with Crippen molar-refractivity contribution >= 4 is 5.91 Å². The Morgan fingerprint density at radius 3 is 2.46 bits per heavy atom. The molecule has 0 spiro atoms. The summed E-state index contributed by atoms with van der Waals surface area (Å²) < 4.78 is 42.4. The first-order valence-corrected chi connectivity index (χ1v) is 7.71. The predicted molar refractivity (Wildman–Crippen MR) is 82.0 cm³/mol. The number of halogens is 3. The summed E-state index contributed by atoms with van der Waals surface area (Å²) in [6.07, 6.45) is -6.42. The molecular weight excluding hydrogens is 325 g/mol. The molecule has 1 fully saturated rings. The van der Waals surface area contributed by atoms with Crippen molar-refractivity contribution in [1.82, 2.24) is 9.80 Å². The number of carbonyl (C=O) groups excluding carboxylic acids is 1. The maximum absolute atomic E-state index is 12.5. The van der Waals surface area contributed by atoms with Crippen molar-refractivity contribution in [3.05, 3.63) is 29.8 Å². The van der Waals surface area contributed by atoms with Crippen LogP contribution in [0, 0.1) is 0 Å². The van der Waals surface area contributed by atoms with Crippen LogP contribution in [-0.4, -0.2) is 72.9 Å². The topological polar surface area (TPSA) is 53.0 Å². The van der Waals surface area contributed by atoms with E-state index in [-0.39, 0.29) is 5.91 Å². The molecule has 0 radical (unpaired) electrons. The van der Waals surface area contributed by atoms with Crippen molar-refractivity contribution in [2.45, 2.75) is 18.7 Å². The normalized spacial score (nSPS) is 18.1. The van der Waals surface area contributed by atoms with Gasteiger partial charge in [-0.25, -0.2) is 0 Å².